The second-order valence-electron chi connectivity index (χ2n) is 18.1. The van der Waals surface area contributed by atoms with E-state index >= 15 is 0 Å². The average molecular weight is 1390 g/mol. The summed E-state index contributed by atoms with van der Waals surface area (Å²) in [6.45, 7) is 2.78. The summed E-state index contributed by atoms with van der Waals surface area (Å²) in [5.41, 5.74) is 4.01. The maximum absolute atomic E-state index is 9.75. The number of hydrogen-bond donors (Lipinski definition) is 0. The van der Waals surface area contributed by atoms with Gasteiger partial charge in [-0.05, 0) is 121 Å². The van der Waals surface area contributed by atoms with Crippen molar-refractivity contribution < 1.29 is 68.7 Å². The van der Waals surface area contributed by atoms with E-state index in [2.05, 4.69) is 212 Å². The fraction of sp³-hybridized carbons (Fsp3) is 0.0794. The van der Waals surface area contributed by atoms with E-state index in [0.29, 0.717) is 26.2 Å². The predicted molar refractivity (Wildman–Crippen MR) is 344 cm³/mol. The molecule has 0 aliphatic rings. The third-order valence-corrected chi connectivity index (χ3v) is 17.1. The maximum Gasteiger partial charge on any atom is 1.00 e. The number of rotatable bonds is 14. The van der Waals surface area contributed by atoms with Crippen molar-refractivity contribution in [3.63, 3.8) is 0 Å². The van der Waals surface area contributed by atoms with Crippen LogP contribution in [0.15, 0.2) is 292 Å². The molecule has 6 aromatic carbocycles. The van der Waals surface area contributed by atoms with Crippen LogP contribution in [0.4, 0.5) is 34.5 Å². The van der Waals surface area contributed by atoms with Crippen molar-refractivity contribution in [2.24, 2.45) is 0 Å². The van der Waals surface area contributed by atoms with Gasteiger partial charge in [0.05, 0.1) is 70.1 Å². The molecular formula is C63H60B2Cl2Cu2F8N10P2+2. The average Bonchev–Trinajstić information content (AvgIpc) is 4.12. The fourth-order valence-electron chi connectivity index (χ4n) is 8.28. The Kier molecular flexibility index (Phi) is 34.0. The molecule has 0 fully saturated rings. The van der Waals surface area contributed by atoms with Crippen LogP contribution in [0.3, 0.4) is 0 Å². The summed E-state index contributed by atoms with van der Waals surface area (Å²) in [6, 6.07) is 84.7. The molecule has 0 amide bonds. The zero-order valence-corrected chi connectivity index (χ0v) is 52.7. The SMILES string of the molecule is ClCCl.F[B-](F)(F)F.F[B-](F)(F)F.[Cu+].[Cu+].c1cc(Cn2cccn2)nc(Cn2cccn2)c1.c1cc(Cn2cccn2)nc(Cn2cccn2)c1.c1ccc([PH+](c2ccccc2)c2ccccc2)cc1.c1ccc([PH+](c2ccccc2)c2ccccc2)cc1. The molecule has 12 aromatic rings. The van der Waals surface area contributed by atoms with Crippen LogP contribution in [0.2, 0.25) is 0 Å². The van der Waals surface area contributed by atoms with Gasteiger partial charge in [-0.25, -0.2) is 0 Å². The Morgan fingerprint density at radius 2 is 0.449 bits per heavy atom. The first-order chi connectivity index (χ1) is 42.1. The Bertz CT molecular complexity index is 3120. The van der Waals surface area contributed by atoms with Crippen molar-refractivity contribution in [2.75, 3.05) is 5.34 Å². The van der Waals surface area contributed by atoms with Gasteiger partial charge in [0.1, 0.15) is 31.8 Å². The molecule has 0 unspecified atom stereocenters. The third-order valence-electron chi connectivity index (χ3n) is 11.6. The minimum atomic E-state index is -6.00. The Morgan fingerprint density at radius 1 is 0.281 bits per heavy atom. The molecular weight excluding hydrogens is 1330 g/mol. The van der Waals surface area contributed by atoms with Gasteiger partial charge in [-0.1, -0.05) is 121 Å². The van der Waals surface area contributed by atoms with Crippen molar-refractivity contribution in [1.29, 1.82) is 0 Å². The van der Waals surface area contributed by atoms with E-state index in [1.54, 1.807) is 24.8 Å². The molecule has 0 N–H and O–H groups in total. The number of alkyl halides is 2. The summed E-state index contributed by atoms with van der Waals surface area (Å²) >= 11 is 9.53. The molecule has 6 aromatic heterocycles. The Morgan fingerprint density at radius 3 is 0.596 bits per heavy atom. The van der Waals surface area contributed by atoms with Crippen LogP contribution >= 0.6 is 39.0 Å². The van der Waals surface area contributed by atoms with Gasteiger partial charge in [-0.3, -0.25) is 28.7 Å². The second-order valence-corrected chi connectivity index (χ2v) is 23.9. The van der Waals surface area contributed by atoms with Crippen LogP contribution in [0.5, 0.6) is 0 Å². The summed E-state index contributed by atoms with van der Waals surface area (Å²) < 4.78 is 85.4. The minimum absolute atomic E-state index is 0. The standard InChI is InChI=1S/2C18H15P.2C13H13N5.CH2Cl2.2BF4.2Cu/c2*1-4-10-16(11-5-1)19(17-12-6-2-7-13-17)18-14-8-3-9-15-18;2*1-4-12(10-17-8-2-6-14-17)16-13(5-1)11-18-9-3-7-15-18;2-1-3;2*2-1(3,4)5;;/h2*1-15H;2*1-9H,10-11H2;1H2;;;;/q;;;;;2*-1;2*+1/p+2. The van der Waals surface area contributed by atoms with Gasteiger partial charge in [-0.2, -0.15) is 20.4 Å². The Hall–Kier alpha value is -7.49. The van der Waals surface area contributed by atoms with Crippen LogP contribution in [-0.4, -0.2) is 68.9 Å². The van der Waals surface area contributed by atoms with Crippen molar-refractivity contribution in [1.82, 2.24) is 49.1 Å². The number of hydrogen-bond acceptors (Lipinski definition) is 6. The maximum atomic E-state index is 9.75. The fourth-order valence-corrected chi connectivity index (χ4v) is 13.4. The van der Waals surface area contributed by atoms with E-state index in [-0.39, 0.29) is 39.5 Å². The molecule has 0 aliphatic heterocycles. The van der Waals surface area contributed by atoms with E-state index in [4.69, 9.17) is 23.2 Å². The largest absolute Gasteiger partial charge is 1.00 e. The molecule has 468 valence electrons. The minimum Gasteiger partial charge on any atom is -0.418 e. The van der Waals surface area contributed by atoms with Gasteiger partial charge >= 0.3 is 48.6 Å². The number of pyridine rings is 2. The molecule has 0 atom stereocenters. The summed E-state index contributed by atoms with van der Waals surface area (Å²) in [5, 5.41) is 25.5. The van der Waals surface area contributed by atoms with E-state index in [9.17, 15) is 34.5 Å². The van der Waals surface area contributed by atoms with Crippen molar-refractivity contribution in [2.45, 2.75) is 26.2 Å². The molecule has 12 rings (SSSR count). The van der Waals surface area contributed by atoms with Crippen LogP contribution in [0.25, 0.3) is 0 Å². The van der Waals surface area contributed by atoms with E-state index < -0.39 is 30.4 Å². The van der Waals surface area contributed by atoms with E-state index in [1.807, 2.05) is 104 Å². The van der Waals surface area contributed by atoms with Crippen LogP contribution < -0.4 is 31.8 Å². The molecule has 0 bridgehead atoms. The zero-order valence-electron chi connectivity index (χ0n) is 47.3. The number of aromatic nitrogens is 10. The molecule has 0 saturated heterocycles. The number of benzene rings is 6. The first-order valence-electron chi connectivity index (χ1n) is 26.8. The topological polar surface area (TPSA) is 97.1 Å². The Balaban J connectivity index is 0.000000236. The quantitative estimate of drug-likeness (QED) is 0.0466. The predicted octanol–water partition coefficient (Wildman–Crippen LogP) is 13.5. The molecule has 26 heteroatoms. The molecule has 0 saturated carbocycles. The summed E-state index contributed by atoms with van der Waals surface area (Å²) in [6.07, 6.45) is 14.8. The third kappa shape index (κ3) is 30.0. The van der Waals surface area contributed by atoms with Gasteiger partial charge in [0.15, 0.2) is 0 Å². The normalized spacial score (nSPS) is 10.4. The summed E-state index contributed by atoms with van der Waals surface area (Å²) in [7, 11) is -13.8. The first-order valence-corrected chi connectivity index (χ1v) is 30.9. The molecule has 89 heavy (non-hydrogen) atoms. The number of nitrogens with zero attached hydrogens (tertiary/aromatic N) is 10. The van der Waals surface area contributed by atoms with Gasteiger partial charge < -0.3 is 34.5 Å². The van der Waals surface area contributed by atoms with Crippen LogP contribution in [-0.2, 0) is 60.3 Å². The van der Waals surface area contributed by atoms with E-state index in [1.165, 1.54) is 31.8 Å². The van der Waals surface area contributed by atoms with Crippen molar-refractivity contribution in [3.05, 3.63) is 315 Å². The van der Waals surface area contributed by atoms with Crippen molar-refractivity contribution >= 4 is 85.4 Å². The van der Waals surface area contributed by atoms with Crippen molar-refractivity contribution in [3.8, 4) is 0 Å². The van der Waals surface area contributed by atoms with Gasteiger partial charge in [0.2, 0.25) is 0 Å². The van der Waals surface area contributed by atoms with E-state index in [0.717, 1.165) is 22.8 Å². The number of halogens is 10. The monoisotopic (exact) mass is 1390 g/mol. The molecule has 10 nitrogen and oxygen atoms in total. The molecule has 0 spiro atoms. The van der Waals surface area contributed by atoms with Crippen LogP contribution in [0, 0.1) is 0 Å². The summed E-state index contributed by atoms with van der Waals surface area (Å²) in [5.74, 6) is 0. The van der Waals surface area contributed by atoms with Gasteiger partial charge in [-0.15, -0.1) is 23.2 Å². The molecule has 0 aliphatic carbocycles. The summed E-state index contributed by atoms with van der Waals surface area (Å²) in [4.78, 5) is 9.20. The van der Waals surface area contributed by atoms with Gasteiger partial charge in [0.25, 0.3) is 0 Å². The van der Waals surface area contributed by atoms with Crippen LogP contribution in [0.1, 0.15) is 22.8 Å². The first kappa shape index (κ1) is 74.0. The second kappa shape index (κ2) is 40.9. The molecule has 6 heterocycles. The Labute approximate surface area is 546 Å². The van der Waals surface area contributed by atoms with Gasteiger partial charge in [0, 0.05) is 49.6 Å². The molecule has 0 radical (unpaired) electrons. The smallest absolute Gasteiger partial charge is 0.418 e. The zero-order chi connectivity index (χ0) is 62.0.